The number of hydrogen-bond donors (Lipinski definition) is 0. The Hall–Kier alpha value is -0.570. The zero-order valence-electron chi connectivity index (χ0n) is 7.93. The van der Waals surface area contributed by atoms with Gasteiger partial charge in [0.05, 0.1) is 12.0 Å². The van der Waals surface area contributed by atoms with Crippen LogP contribution in [0.1, 0.15) is 34.1 Å². The summed E-state index contributed by atoms with van der Waals surface area (Å²) in [7, 11) is 0. The molecule has 0 aromatic heterocycles. The van der Waals surface area contributed by atoms with E-state index in [1.807, 2.05) is 27.7 Å². The smallest absolute Gasteiger partial charge is 0.309 e. The minimum absolute atomic E-state index is 0.148. The number of ether oxygens (including phenoxy) is 2. The van der Waals surface area contributed by atoms with Crippen LogP contribution in [0.4, 0.5) is 0 Å². The fraction of sp³-hybridized carbons (Fsp3) is 0.889. The highest BCUT2D eigenvalue weighted by atomic mass is 16.7. The summed E-state index contributed by atoms with van der Waals surface area (Å²) in [4.78, 5) is 11.1. The summed E-state index contributed by atoms with van der Waals surface area (Å²) in [6.45, 7) is 7.81. The van der Waals surface area contributed by atoms with E-state index < -0.39 is 5.60 Å². The van der Waals surface area contributed by atoms with E-state index >= 15 is 0 Å². The van der Waals surface area contributed by atoms with Gasteiger partial charge in [-0.15, -0.1) is 0 Å². The highest BCUT2D eigenvalue weighted by Gasteiger charge is 2.76. The van der Waals surface area contributed by atoms with Crippen molar-refractivity contribution in [3.05, 3.63) is 0 Å². The molecule has 2 aliphatic heterocycles. The zero-order chi connectivity index (χ0) is 9.20. The second-order valence-electron chi connectivity index (χ2n) is 4.60. The second-order valence-corrected chi connectivity index (χ2v) is 4.60. The van der Waals surface area contributed by atoms with Crippen molar-refractivity contribution in [2.24, 2.45) is 0 Å². The lowest BCUT2D eigenvalue weighted by atomic mass is 9.82. The summed E-state index contributed by atoms with van der Waals surface area (Å²) >= 11 is 0. The van der Waals surface area contributed by atoms with Crippen LogP contribution >= 0.6 is 0 Å². The Labute approximate surface area is 72.0 Å². The molecule has 12 heavy (non-hydrogen) atoms. The van der Waals surface area contributed by atoms with Crippen molar-refractivity contribution in [2.75, 3.05) is 0 Å². The molecular weight excluding hydrogens is 156 g/mol. The van der Waals surface area contributed by atoms with Crippen molar-refractivity contribution in [3.63, 3.8) is 0 Å². The maximum atomic E-state index is 11.1. The molecule has 2 aliphatic rings. The van der Waals surface area contributed by atoms with E-state index in [1.54, 1.807) is 0 Å². The lowest BCUT2D eigenvalue weighted by Gasteiger charge is -2.23. The van der Waals surface area contributed by atoms with Gasteiger partial charge in [-0.25, -0.2) is 0 Å². The van der Waals surface area contributed by atoms with E-state index in [9.17, 15) is 4.79 Å². The molecule has 1 atom stereocenters. The van der Waals surface area contributed by atoms with E-state index in [0.29, 0.717) is 6.42 Å². The number of cyclic esters (lactones) is 1. The molecule has 0 bridgehead atoms. The Morgan fingerprint density at radius 3 is 1.83 bits per heavy atom. The fourth-order valence-corrected chi connectivity index (χ4v) is 2.33. The molecule has 0 saturated carbocycles. The predicted octanol–water partition coefficient (Wildman–Crippen LogP) is 1.26. The van der Waals surface area contributed by atoms with Crippen LogP contribution in [0.15, 0.2) is 0 Å². The fourth-order valence-electron chi connectivity index (χ4n) is 2.33. The van der Waals surface area contributed by atoms with Crippen molar-refractivity contribution in [1.82, 2.24) is 0 Å². The molecule has 2 fully saturated rings. The van der Waals surface area contributed by atoms with E-state index in [2.05, 4.69) is 0 Å². The number of esters is 1. The molecular formula is C9H14O3. The number of carbonyl (C=O) groups excluding carboxylic acids is 1. The van der Waals surface area contributed by atoms with E-state index in [-0.39, 0.29) is 17.2 Å². The molecule has 2 heterocycles. The van der Waals surface area contributed by atoms with Crippen molar-refractivity contribution in [1.29, 1.82) is 0 Å². The van der Waals surface area contributed by atoms with E-state index in [1.165, 1.54) is 0 Å². The normalized spacial score (nSPS) is 41.5. The molecule has 1 unspecified atom stereocenters. The summed E-state index contributed by atoms with van der Waals surface area (Å²) in [5.41, 5.74) is -1.03. The standard InChI is InChI=1S/C9H14O3/c1-7(2)9(5-6(10)11-7)8(3,4)12-9/h5H2,1-4H3. The Kier molecular flexibility index (Phi) is 1.13. The molecule has 68 valence electrons. The molecule has 0 aromatic carbocycles. The van der Waals surface area contributed by atoms with E-state index in [0.717, 1.165) is 0 Å². The monoisotopic (exact) mass is 170 g/mol. The summed E-state index contributed by atoms with van der Waals surface area (Å²) in [6.07, 6.45) is 0.396. The quantitative estimate of drug-likeness (QED) is 0.406. The van der Waals surface area contributed by atoms with Crippen LogP contribution < -0.4 is 0 Å². The highest BCUT2D eigenvalue weighted by molar-refractivity contribution is 5.76. The largest absolute Gasteiger partial charge is 0.456 e. The lowest BCUT2D eigenvalue weighted by molar-refractivity contribution is -0.146. The highest BCUT2D eigenvalue weighted by Crippen LogP contribution is 2.60. The van der Waals surface area contributed by atoms with Gasteiger partial charge in [0.1, 0.15) is 11.2 Å². The van der Waals surface area contributed by atoms with Gasteiger partial charge in [0.2, 0.25) is 0 Å². The minimum Gasteiger partial charge on any atom is -0.456 e. The average molecular weight is 170 g/mol. The lowest BCUT2D eigenvalue weighted by Crippen LogP contribution is -2.39. The van der Waals surface area contributed by atoms with Gasteiger partial charge >= 0.3 is 5.97 Å². The van der Waals surface area contributed by atoms with Gasteiger partial charge in [0, 0.05) is 0 Å². The molecule has 1 spiro atoms. The third-order valence-electron chi connectivity index (χ3n) is 3.10. The molecule has 3 nitrogen and oxygen atoms in total. The predicted molar refractivity (Wildman–Crippen MR) is 42.7 cm³/mol. The Bertz CT molecular complexity index is 254. The molecule has 0 aliphatic carbocycles. The van der Waals surface area contributed by atoms with Crippen molar-refractivity contribution in [2.45, 2.75) is 50.9 Å². The molecule has 0 radical (unpaired) electrons. The molecule has 0 amide bonds. The van der Waals surface area contributed by atoms with Gasteiger partial charge in [-0.1, -0.05) is 0 Å². The molecule has 2 saturated heterocycles. The van der Waals surface area contributed by atoms with Crippen LogP contribution in [0.25, 0.3) is 0 Å². The SMILES string of the molecule is CC1(C)OC(=O)CC12OC2(C)C. The van der Waals surface area contributed by atoms with Gasteiger partial charge in [0.15, 0.2) is 0 Å². The summed E-state index contributed by atoms with van der Waals surface area (Å²) in [5.74, 6) is -0.148. The molecule has 0 N–H and O–H groups in total. The number of epoxide rings is 1. The van der Waals surface area contributed by atoms with Crippen LogP contribution in [-0.2, 0) is 14.3 Å². The molecule has 0 aromatic rings. The maximum absolute atomic E-state index is 11.1. The van der Waals surface area contributed by atoms with Gasteiger partial charge in [0.25, 0.3) is 0 Å². The minimum atomic E-state index is -0.465. The maximum Gasteiger partial charge on any atom is 0.309 e. The van der Waals surface area contributed by atoms with E-state index in [4.69, 9.17) is 9.47 Å². The van der Waals surface area contributed by atoms with Crippen LogP contribution in [0.5, 0.6) is 0 Å². The van der Waals surface area contributed by atoms with Crippen LogP contribution in [0, 0.1) is 0 Å². The third-order valence-corrected chi connectivity index (χ3v) is 3.10. The van der Waals surface area contributed by atoms with Gasteiger partial charge in [-0.05, 0) is 27.7 Å². The number of hydrogen-bond acceptors (Lipinski definition) is 3. The van der Waals surface area contributed by atoms with Crippen molar-refractivity contribution in [3.8, 4) is 0 Å². The zero-order valence-corrected chi connectivity index (χ0v) is 7.93. The first-order valence-electron chi connectivity index (χ1n) is 4.23. The molecule has 2 rings (SSSR count). The van der Waals surface area contributed by atoms with Crippen molar-refractivity contribution < 1.29 is 14.3 Å². The summed E-state index contributed by atoms with van der Waals surface area (Å²) in [6, 6.07) is 0. The van der Waals surface area contributed by atoms with Crippen LogP contribution in [-0.4, -0.2) is 22.8 Å². The summed E-state index contributed by atoms with van der Waals surface area (Å²) < 4.78 is 10.8. The Morgan fingerprint density at radius 1 is 1.17 bits per heavy atom. The third kappa shape index (κ3) is 0.678. The number of carbonyl (C=O) groups is 1. The van der Waals surface area contributed by atoms with Gasteiger partial charge in [-0.3, -0.25) is 4.79 Å². The molecule has 3 heteroatoms. The van der Waals surface area contributed by atoms with Crippen LogP contribution in [0.3, 0.4) is 0 Å². The first-order chi connectivity index (χ1) is 5.31. The average Bonchev–Trinajstić information content (AvgIpc) is 2.24. The Morgan fingerprint density at radius 2 is 1.67 bits per heavy atom. The van der Waals surface area contributed by atoms with Gasteiger partial charge < -0.3 is 9.47 Å². The first kappa shape index (κ1) is 8.05. The topological polar surface area (TPSA) is 38.8 Å². The van der Waals surface area contributed by atoms with Crippen molar-refractivity contribution >= 4 is 5.97 Å². The first-order valence-corrected chi connectivity index (χ1v) is 4.23. The summed E-state index contributed by atoms with van der Waals surface area (Å²) in [5, 5.41) is 0. The number of rotatable bonds is 0. The van der Waals surface area contributed by atoms with Crippen LogP contribution in [0.2, 0.25) is 0 Å². The van der Waals surface area contributed by atoms with Gasteiger partial charge in [-0.2, -0.15) is 0 Å². The Balaban J connectivity index is 2.35. The second kappa shape index (κ2) is 1.69.